The maximum atomic E-state index is 12.4. The average molecular weight is 369 g/mol. The Morgan fingerprint density at radius 3 is 2.37 bits per heavy atom. The lowest BCUT2D eigenvalue weighted by Gasteiger charge is -2.18. The van der Waals surface area contributed by atoms with Gasteiger partial charge in [-0.2, -0.15) is 0 Å². The first-order valence-electron chi connectivity index (χ1n) is 9.28. The van der Waals surface area contributed by atoms with Crippen LogP contribution in [-0.2, 0) is 16.0 Å². The molecule has 0 aliphatic carbocycles. The predicted molar refractivity (Wildman–Crippen MR) is 105 cm³/mol. The van der Waals surface area contributed by atoms with Crippen molar-refractivity contribution in [1.29, 1.82) is 0 Å². The number of rotatable bonds is 9. The molecule has 2 aromatic rings. The number of para-hydroxylation sites is 1. The third-order valence-corrected chi connectivity index (χ3v) is 4.16. The monoisotopic (exact) mass is 369 g/mol. The zero-order valence-electron chi connectivity index (χ0n) is 16.1. The average Bonchev–Trinajstić information content (AvgIpc) is 2.67. The molecule has 0 aromatic heterocycles. The molecule has 0 radical (unpaired) electrons. The first-order chi connectivity index (χ1) is 13.0. The number of hydrogen-bond donors (Lipinski definition) is 1. The molecule has 1 N–H and O–H groups in total. The van der Waals surface area contributed by atoms with Crippen molar-refractivity contribution >= 4 is 11.9 Å². The van der Waals surface area contributed by atoms with Gasteiger partial charge in [-0.3, -0.25) is 4.79 Å². The topological polar surface area (TPSA) is 64.6 Å². The summed E-state index contributed by atoms with van der Waals surface area (Å²) in [7, 11) is 0. The maximum absolute atomic E-state index is 12.4. The van der Waals surface area contributed by atoms with Crippen LogP contribution in [0.2, 0.25) is 0 Å². The molecule has 2 rings (SSSR count). The van der Waals surface area contributed by atoms with E-state index in [1.807, 2.05) is 32.0 Å². The summed E-state index contributed by atoms with van der Waals surface area (Å²) in [5, 5.41) is 2.90. The normalized spacial score (nSPS) is 12.7. The highest BCUT2D eigenvalue weighted by molar-refractivity contribution is 5.94. The van der Waals surface area contributed by atoms with Gasteiger partial charge >= 0.3 is 5.97 Å². The summed E-state index contributed by atoms with van der Waals surface area (Å²) in [4.78, 5) is 24.7. The van der Waals surface area contributed by atoms with Crippen molar-refractivity contribution in [2.45, 2.75) is 45.8 Å². The fraction of sp³-hybridized carbons (Fsp3) is 0.364. The second-order valence-electron chi connectivity index (χ2n) is 6.41. The number of nitrogens with one attached hydrogen (secondary N) is 1. The zero-order valence-corrected chi connectivity index (χ0v) is 16.1. The summed E-state index contributed by atoms with van der Waals surface area (Å²) in [6.45, 7) is 5.80. The third kappa shape index (κ3) is 6.44. The number of amides is 1. The fourth-order valence-electron chi connectivity index (χ4n) is 2.65. The zero-order chi connectivity index (χ0) is 19.6. The molecule has 2 aromatic carbocycles. The van der Waals surface area contributed by atoms with Gasteiger partial charge in [0, 0.05) is 6.04 Å². The summed E-state index contributed by atoms with van der Waals surface area (Å²) in [6.07, 6.45) is 0.799. The molecule has 0 heterocycles. The van der Waals surface area contributed by atoms with Crippen LogP contribution in [0.3, 0.4) is 0 Å². The van der Waals surface area contributed by atoms with Crippen molar-refractivity contribution in [2.75, 3.05) is 6.61 Å². The van der Waals surface area contributed by atoms with E-state index in [9.17, 15) is 9.59 Å². The second kappa shape index (κ2) is 10.4. The molecular formula is C22H27NO4. The summed E-state index contributed by atoms with van der Waals surface area (Å²) in [5.41, 5.74) is 1.54. The molecule has 0 fully saturated rings. The molecule has 0 spiro atoms. The van der Waals surface area contributed by atoms with Crippen molar-refractivity contribution < 1.29 is 19.1 Å². The number of esters is 1. The predicted octanol–water partition coefficient (Wildman–Crippen LogP) is 3.77. The van der Waals surface area contributed by atoms with E-state index in [2.05, 4.69) is 17.4 Å². The minimum absolute atomic E-state index is 0.0189. The molecule has 5 nitrogen and oxygen atoms in total. The van der Waals surface area contributed by atoms with Gasteiger partial charge in [-0.15, -0.1) is 0 Å². The summed E-state index contributed by atoms with van der Waals surface area (Å²) in [5.74, 6) is -0.426. The first-order valence-corrected chi connectivity index (χ1v) is 9.28. The molecule has 0 bridgehead atoms. The van der Waals surface area contributed by atoms with Gasteiger partial charge < -0.3 is 14.8 Å². The van der Waals surface area contributed by atoms with Crippen LogP contribution in [0.1, 0.15) is 43.1 Å². The van der Waals surface area contributed by atoms with E-state index >= 15 is 0 Å². The Bertz CT molecular complexity index is 745. The van der Waals surface area contributed by atoms with Crippen LogP contribution in [0.25, 0.3) is 0 Å². The fourth-order valence-corrected chi connectivity index (χ4v) is 2.65. The maximum Gasteiger partial charge on any atom is 0.342 e. The van der Waals surface area contributed by atoms with Crippen LogP contribution in [-0.4, -0.2) is 30.6 Å². The highest BCUT2D eigenvalue weighted by Gasteiger charge is 2.22. The number of hydrogen-bond acceptors (Lipinski definition) is 4. The van der Waals surface area contributed by atoms with Gasteiger partial charge in [0.2, 0.25) is 0 Å². The van der Waals surface area contributed by atoms with E-state index in [-0.39, 0.29) is 11.9 Å². The molecule has 27 heavy (non-hydrogen) atoms. The van der Waals surface area contributed by atoms with Gasteiger partial charge in [-0.25, -0.2) is 4.79 Å². The lowest BCUT2D eigenvalue weighted by atomic mass is 10.1. The van der Waals surface area contributed by atoms with Gasteiger partial charge in [0.1, 0.15) is 11.3 Å². The third-order valence-electron chi connectivity index (χ3n) is 4.16. The van der Waals surface area contributed by atoms with Crippen molar-refractivity contribution in [1.82, 2.24) is 5.32 Å². The number of aryl methyl sites for hydroxylation is 1. The molecule has 0 aliphatic heterocycles. The second-order valence-corrected chi connectivity index (χ2v) is 6.41. The molecular weight excluding hydrogens is 342 g/mol. The van der Waals surface area contributed by atoms with E-state index in [1.54, 1.807) is 31.2 Å². The van der Waals surface area contributed by atoms with Crippen molar-refractivity contribution in [3.05, 3.63) is 65.7 Å². The summed E-state index contributed by atoms with van der Waals surface area (Å²) >= 11 is 0. The molecule has 0 saturated carbocycles. The summed E-state index contributed by atoms with van der Waals surface area (Å²) < 4.78 is 10.8. The minimum Gasteiger partial charge on any atom is -0.493 e. The number of benzene rings is 2. The first kappa shape index (κ1) is 20.5. The highest BCUT2D eigenvalue weighted by Crippen LogP contribution is 2.19. The number of ether oxygens (including phenoxy) is 2. The minimum atomic E-state index is -0.883. The van der Waals surface area contributed by atoms with Crippen LogP contribution in [0.5, 0.6) is 5.75 Å². The SMILES string of the molecule is CCOc1ccccc1C(=O)O[C@@H](C)C(=O)N[C@H](C)CCc1ccccc1. The lowest BCUT2D eigenvalue weighted by molar-refractivity contribution is -0.129. The van der Waals surface area contributed by atoms with Gasteiger partial charge in [-0.1, -0.05) is 42.5 Å². The van der Waals surface area contributed by atoms with Gasteiger partial charge in [0.25, 0.3) is 5.91 Å². The van der Waals surface area contributed by atoms with Crippen LogP contribution in [0.4, 0.5) is 0 Å². The molecule has 0 saturated heterocycles. The quantitative estimate of drug-likeness (QED) is 0.684. The van der Waals surface area contributed by atoms with Gasteiger partial charge in [0.15, 0.2) is 6.10 Å². The van der Waals surface area contributed by atoms with E-state index in [0.29, 0.717) is 17.9 Å². The number of carbonyl (C=O) groups is 2. The Balaban J connectivity index is 1.85. The Labute approximate surface area is 160 Å². The van der Waals surface area contributed by atoms with Crippen molar-refractivity contribution in [3.8, 4) is 5.75 Å². The standard InChI is InChI=1S/C22H27NO4/c1-4-26-20-13-9-8-12-19(20)22(25)27-17(3)21(24)23-16(2)14-15-18-10-6-5-7-11-18/h5-13,16-17H,4,14-15H2,1-3H3,(H,23,24)/t16-,17+/m1/s1. The van der Waals surface area contributed by atoms with E-state index in [1.165, 1.54) is 5.56 Å². The molecule has 1 amide bonds. The van der Waals surface area contributed by atoms with Gasteiger partial charge in [0.05, 0.1) is 6.61 Å². The van der Waals surface area contributed by atoms with Gasteiger partial charge in [-0.05, 0) is 51.3 Å². The summed E-state index contributed by atoms with van der Waals surface area (Å²) in [6, 6.07) is 16.9. The Morgan fingerprint density at radius 1 is 1.00 bits per heavy atom. The molecule has 5 heteroatoms. The van der Waals surface area contributed by atoms with E-state index < -0.39 is 12.1 Å². The van der Waals surface area contributed by atoms with Crippen LogP contribution < -0.4 is 10.1 Å². The Hall–Kier alpha value is -2.82. The Morgan fingerprint density at radius 2 is 1.67 bits per heavy atom. The van der Waals surface area contributed by atoms with Crippen LogP contribution in [0.15, 0.2) is 54.6 Å². The van der Waals surface area contributed by atoms with Crippen LogP contribution in [0, 0.1) is 0 Å². The van der Waals surface area contributed by atoms with Crippen molar-refractivity contribution in [3.63, 3.8) is 0 Å². The largest absolute Gasteiger partial charge is 0.493 e. The molecule has 144 valence electrons. The Kier molecular flexibility index (Phi) is 7.86. The van der Waals surface area contributed by atoms with Crippen molar-refractivity contribution in [2.24, 2.45) is 0 Å². The molecule has 0 unspecified atom stereocenters. The molecule has 0 aliphatic rings. The lowest BCUT2D eigenvalue weighted by Crippen LogP contribution is -2.41. The van der Waals surface area contributed by atoms with E-state index in [0.717, 1.165) is 12.8 Å². The highest BCUT2D eigenvalue weighted by atomic mass is 16.5. The number of carbonyl (C=O) groups excluding carboxylic acids is 2. The smallest absolute Gasteiger partial charge is 0.342 e. The molecule has 2 atom stereocenters. The van der Waals surface area contributed by atoms with E-state index in [4.69, 9.17) is 9.47 Å². The van der Waals surface area contributed by atoms with Crippen LogP contribution >= 0.6 is 0 Å².